The van der Waals surface area contributed by atoms with E-state index in [0.29, 0.717) is 0 Å². The third-order valence-corrected chi connectivity index (χ3v) is 3.70. The summed E-state index contributed by atoms with van der Waals surface area (Å²) < 4.78 is 25.5. The summed E-state index contributed by atoms with van der Waals surface area (Å²) in [5.74, 6) is 0.00488. The van der Waals surface area contributed by atoms with Gasteiger partial charge in [0.1, 0.15) is 0 Å². The van der Waals surface area contributed by atoms with Gasteiger partial charge in [-0.25, -0.2) is 13.1 Å². The number of hydrogen-bond acceptors (Lipinski definition) is 2. The summed E-state index contributed by atoms with van der Waals surface area (Å²) in [5, 5.41) is 0. The summed E-state index contributed by atoms with van der Waals surface area (Å²) in [5.41, 5.74) is 0.761. The molecule has 5 heteroatoms. The Kier molecular flexibility index (Phi) is 3.47. The van der Waals surface area contributed by atoms with Crippen LogP contribution in [0.2, 0.25) is 0 Å². The van der Waals surface area contributed by atoms with E-state index in [1.54, 1.807) is 6.07 Å². The first kappa shape index (κ1) is 10.7. The monoisotopic (exact) mass is 263 g/mol. The first-order valence-electron chi connectivity index (χ1n) is 3.70. The summed E-state index contributed by atoms with van der Waals surface area (Å²) in [7, 11) is -1.77. The minimum atomic E-state index is -3.18. The fourth-order valence-electron chi connectivity index (χ4n) is 0.892. The van der Waals surface area contributed by atoms with E-state index >= 15 is 0 Å². The summed E-state index contributed by atoms with van der Waals surface area (Å²) >= 11 is 3.29. The summed E-state index contributed by atoms with van der Waals surface area (Å²) in [6.45, 7) is 0. The number of halogens is 1. The predicted molar refractivity (Wildman–Crippen MR) is 55.8 cm³/mol. The van der Waals surface area contributed by atoms with Crippen LogP contribution in [0.1, 0.15) is 5.56 Å². The molecule has 1 N–H and O–H groups in total. The zero-order valence-electron chi connectivity index (χ0n) is 7.12. The minimum absolute atomic E-state index is 0.00488. The van der Waals surface area contributed by atoms with Gasteiger partial charge >= 0.3 is 0 Å². The summed E-state index contributed by atoms with van der Waals surface area (Å²) in [6, 6.07) is 7.25. The molecule has 13 heavy (non-hydrogen) atoms. The molecular weight excluding hydrogens is 254 g/mol. The van der Waals surface area contributed by atoms with E-state index in [-0.39, 0.29) is 5.75 Å². The number of rotatable bonds is 3. The largest absolute Gasteiger partial charge is 0.218 e. The van der Waals surface area contributed by atoms with Crippen molar-refractivity contribution in [3.05, 3.63) is 34.3 Å². The number of benzene rings is 1. The van der Waals surface area contributed by atoms with Crippen LogP contribution in [0.5, 0.6) is 0 Å². The van der Waals surface area contributed by atoms with E-state index in [1.807, 2.05) is 18.2 Å². The molecule has 0 unspecified atom stereocenters. The quantitative estimate of drug-likeness (QED) is 0.899. The molecule has 0 aromatic heterocycles. The van der Waals surface area contributed by atoms with Crippen LogP contribution in [0.15, 0.2) is 28.7 Å². The highest BCUT2D eigenvalue weighted by Gasteiger charge is 2.09. The fourth-order valence-corrected chi connectivity index (χ4v) is 2.31. The third kappa shape index (κ3) is 3.10. The van der Waals surface area contributed by atoms with Crippen molar-refractivity contribution in [2.24, 2.45) is 0 Å². The molecule has 0 spiro atoms. The summed E-state index contributed by atoms with van der Waals surface area (Å²) in [4.78, 5) is 0. The molecule has 0 aliphatic carbocycles. The Balaban J connectivity index is 2.93. The Morgan fingerprint density at radius 2 is 2.00 bits per heavy atom. The Morgan fingerprint density at radius 3 is 2.54 bits per heavy atom. The van der Waals surface area contributed by atoms with Gasteiger partial charge in [0, 0.05) is 4.47 Å². The third-order valence-electron chi connectivity index (χ3n) is 1.61. The maximum absolute atomic E-state index is 11.2. The number of sulfonamides is 1. The molecule has 1 aromatic carbocycles. The van der Waals surface area contributed by atoms with Crippen molar-refractivity contribution in [2.45, 2.75) is 5.75 Å². The van der Waals surface area contributed by atoms with Crippen molar-refractivity contribution in [2.75, 3.05) is 7.05 Å². The van der Waals surface area contributed by atoms with Gasteiger partial charge in [0.25, 0.3) is 0 Å². The first-order valence-corrected chi connectivity index (χ1v) is 6.14. The molecule has 0 heterocycles. The smallest absolute Gasteiger partial charge is 0.215 e. The molecule has 72 valence electrons. The molecular formula is C8H10BrNO2S. The SMILES string of the molecule is CNS(=O)(=O)Cc1ccccc1Br. The van der Waals surface area contributed by atoms with Crippen molar-refractivity contribution in [3.8, 4) is 0 Å². The molecule has 0 saturated heterocycles. The Labute approximate surface area is 86.3 Å². The van der Waals surface area contributed by atoms with Crippen molar-refractivity contribution >= 4 is 26.0 Å². The molecule has 0 radical (unpaired) electrons. The van der Waals surface area contributed by atoms with E-state index in [0.717, 1.165) is 10.0 Å². The Hall–Kier alpha value is -0.390. The van der Waals surface area contributed by atoms with Gasteiger partial charge in [0.2, 0.25) is 10.0 Å². The number of nitrogens with one attached hydrogen (secondary N) is 1. The van der Waals surface area contributed by atoms with Gasteiger partial charge in [-0.1, -0.05) is 34.1 Å². The van der Waals surface area contributed by atoms with Gasteiger partial charge in [0.15, 0.2) is 0 Å². The highest BCUT2D eigenvalue weighted by atomic mass is 79.9. The first-order chi connectivity index (χ1) is 6.05. The average molecular weight is 264 g/mol. The summed E-state index contributed by atoms with van der Waals surface area (Å²) in [6.07, 6.45) is 0. The fraction of sp³-hybridized carbons (Fsp3) is 0.250. The molecule has 1 rings (SSSR count). The molecule has 0 atom stereocenters. The van der Waals surface area contributed by atoms with Crippen LogP contribution < -0.4 is 4.72 Å². The molecule has 0 aliphatic rings. The predicted octanol–water partition coefficient (Wildman–Crippen LogP) is 1.50. The highest BCUT2D eigenvalue weighted by molar-refractivity contribution is 9.10. The van der Waals surface area contributed by atoms with Crippen LogP contribution in [0.25, 0.3) is 0 Å². The Bertz CT molecular complexity index is 389. The van der Waals surface area contributed by atoms with Gasteiger partial charge < -0.3 is 0 Å². The van der Waals surface area contributed by atoms with Crippen molar-refractivity contribution < 1.29 is 8.42 Å². The van der Waals surface area contributed by atoms with Gasteiger partial charge in [-0.15, -0.1) is 0 Å². The average Bonchev–Trinajstić information content (AvgIpc) is 2.09. The van der Waals surface area contributed by atoms with Crippen LogP contribution in [-0.4, -0.2) is 15.5 Å². The lowest BCUT2D eigenvalue weighted by atomic mass is 10.2. The van der Waals surface area contributed by atoms with Crippen LogP contribution in [0.4, 0.5) is 0 Å². The van der Waals surface area contributed by atoms with Crippen LogP contribution in [0, 0.1) is 0 Å². The molecule has 0 amide bonds. The molecule has 0 saturated carbocycles. The van der Waals surface area contributed by atoms with E-state index in [4.69, 9.17) is 0 Å². The van der Waals surface area contributed by atoms with Gasteiger partial charge in [0.05, 0.1) is 5.75 Å². The van der Waals surface area contributed by atoms with E-state index in [9.17, 15) is 8.42 Å². The normalized spacial score (nSPS) is 11.5. The minimum Gasteiger partial charge on any atom is -0.218 e. The van der Waals surface area contributed by atoms with Crippen LogP contribution in [0.3, 0.4) is 0 Å². The van der Waals surface area contributed by atoms with Gasteiger partial charge in [-0.05, 0) is 18.7 Å². The van der Waals surface area contributed by atoms with Gasteiger partial charge in [-0.2, -0.15) is 0 Å². The van der Waals surface area contributed by atoms with E-state index in [2.05, 4.69) is 20.7 Å². The maximum Gasteiger partial charge on any atom is 0.215 e. The zero-order valence-corrected chi connectivity index (χ0v) is 9.52. The number of hydrogen-bond donors (Lipinski definition) is 1. The Morgan fingerprint density at radius 1 is 1.38 bits per heavy atom. The van der Waals surface area contributed by atoms with Gasteiger partial charge in [-0.3, -0.25) is 0 Å². The van der Waals surface area contributed by atoms with Crippen LogP contribution >= 0.6 is 15.9 Å². The molecule has 1 aromatic rings. The zero-order chi connectivity index (χ0) is 9.90. The molecule has 0 fully saturated rings. The van der Waals surface area contributed by atoms with E-state index in [1.165, 1.54) is 7.05 Å². The lowest BCUT2D eigenvalue weighted by Crippen LogP contribution is -2.20. The second-order valence-electron chi connectivity index (χ2n) is 2.55. The second-order valence-corrected chi connectivity index (χ2v) is 5.34. The van der Waals surface area contributed by atoms with Crippen molar-refractivity contribution in [1.29, 1.82) is 0 Å². The van der Waals surface area contributed by atoms with Crippen LogP contribution in [-0.2, 0) is 15.8 Å². The molecule has 0 bridgehead atoms. The lowest BCUT2D eigenvalue weighted by Gasteiger charge is -2.04. The lowest BCUT2D eigenvalue weighted by molar-refractivity contribution is 0.587. The molecule has 0 aliphatic heterocycles. The topological polar surface area (TPSA) is 46.2 Å². The standard InChI is InChI=1S/C8H10BrNO2S/c1-10-13(11,12)6-7-4-2-3-5-8(7)9/h2-5,10H,6H2,1H3. The highest BCUT2D eigenvalue weighted by Crippen LogP contribution is 2.17. The maximum atomic E-state index is 11.2. The van der Waals surface area contributed by atoms with E-state index < -0.39 is 10.0 Å². The molecule has 3 nitrogen and oxygen atoms in total. The second kappa shape index (κ2) is 4.21. The van der Waals surface area contributed by atoms with Crippen molar-refractivity contribution in [1.82, 2.24) is 4.72 Å². The van der Waals surface area contributed by atoms with Crippen molar-refractivity contribution in [3.63, 3.8) is 0 Å².